The fraction of sp³-hybridized carbons (Fsp3) is 0.426. The van der Waals surface area contributed by atoms with E-state index in [4.69, 9.17) is 33.2 Å². The predicted octanol–water partition coefficient (Wildman–Crippen LogP) is 7.69. The number of ketones is 1. The number of likely N-dealkylation sites (tertiary alicyclic amines) is 1. The van der Waals surface area contributed by atoms with Gasteiger partial charge in [0.05, 0.1) is 37.9 Å². The Hall–Kier alpha value is -5.11. The zero-order valence-electron chi connectivity index (χ0n) is 35.0. The summed E-state index contributed by atoms with van der Waals surface area (Å²) in [5.74, 6) is 3.07. The summed E-state index contributed by atoms with van der Waals surface area (Å²) in [5.41, 5.74) is 6.27. The van der Waals surface area contributed by atoms with Crippen LogP contribution >= 0.6 is 15.9 Å². The number of esters is 1. The van der Waals surface area contributed by atoms with Gasteiger partial charge in [0.15, 0.2) is 17.3 Å². The van der Waals surface area contributed by atoms with Crippen LogP contribution in [0, 0.1) is 11.8 Å². The van der Waals surface area contributed by atoms with Crippen LogP contribution in [0.2, 0.25) is 0 Å². The van der Waals surface area contributed by atoms with Gasteiger partial charge < -0.3 is 37.7 Å². The molecule has 1 aliphatic carbocycles. The van der Waals surface area contributed by atoms with E-state index >= 15 is 0 Å². The third-order valence-corrected chi connectivity index (χ3v) is 13.4. The number of methoxy groups -OCH3 is 3. The SMILES string of the molecule is COC12CC(COC(=O)c3cncc(Br)c3)CN(C)C1Cc1cn(C)c3cccc2c13.COc1cc2c(cc1OC)C1C(=O)c3ccc4c(c3OC1CO2)CC(C(C)C)O4. The number of carbonyl (C=O) groups is 2. The summed E-state index contributed by atoms with van der Waals surface area (Å²) in [5, 5.41) is 1.31. The molecule has 2 aromatic heterocycles. The second-order valence-corrected chi connectivity index (χ2v) is 17.8. The van der Waals surface area contributed by atoms with Gasteiger partial charge in [-0.15, -0.1) is 0 Å². The van der Waals surface area contributed by atoms with E-state index in [1.165, 1.54) is 28.2 Å². The number of ether oxygens (including phenoxy) is 7. The quantitative estimate of drug-likeness (QED) is 0.150. The normalized spacial score (nSPS) is 24.6. The van der Waals surface area contributed by atoms with Crippen molar-refractivity contribution in [2.75, 3.05) is 48.1 Å². The van der Waals surface area contributed by atoms with E-state index in [-0.39, 0.29) is 35.9 Å². The Balaban J connectivity index is 0.000000154. The topological polar surface area (TPSA) is 120 Å². The van der Waals surface area contributed by atoms with Crippen molar-refractivity contribution in [1.29, 1.82) is 0 Å². The molecule has 4 aliphatic heterocycles. The highest BCUT2D eigenvalue weighted by Crippen LogP contribution is 2.51. The first-order valence-corrected chi connectivity index (χ1v) is 21.3. The van der Waals surface area contributed by atoms with Crippen LogP contribution in [0.5, 0.6) is 28.7 Å². The van der Waals surface area contributed by atoms with Crippen LogP contribution in [0.4, 0.5) is 0 Å². The molecular formula is C47H50BrN3O9. The molecule has 6 unspecified atom stereocenters. The summed E-state index contributed by atoms with van der Waals surface area (Å²) in [6.45, 7) is 5.79. The van der Waals surface area contributed by atoms with Crippen molar-refractivity contribution < 1.29 is 42.7 Å². The molecule has 3 aromatic carbocycles. The van der Waals surface area contributed by atoms with Crippen molar-refractivity contribution in [1.82, 2.24) is 14.5 Å². The summed E-state index contributed by atoms with van der Waals surface area (Å²) in [4.78, 5) is 32.5. The van der Waals surface area contributed by atoms with Crippen molar-refractivity contribution in [3.63, 3.8) is 0 Å². The fourth-order valence-corrected chi connectivity index (χ4v) is 10.5. The molecule has 13 heteroatoms. The predicted molar refractivity (Wildman–Crippen MR) is 228 cm³/mol. The lowest BCUT2D eigenvalue weighted by Gasteiger charge is -2.53. The maximum atomic E-state index is 13.5. The molecule has 1 saturated heterocycles. The number of hydrogen-bond acceptors (Lipinski definition) is 11. The summed E-state index contributed by atoms with van der Waals surface area (Å²) < 4.78 is 44.2. The monoisotopic (exact) mass is 879 g/mol. The van der Waals surface area contributed by atoms with Gasteiger partial charge in [0.2, 0.25) is 0 Å². The highest BCUT2D eigenvalue weighted by molar-refractivity contribution is 9.10. The molecule has 314 valence electrons. The summed E-state index contributed by atoms with van der Waals surface area (Å²) in [7, 11) is 9.23. The van der Waals surface area contributed by atoms with Crippen LogP contribution in [-0.4, -0.2) is 92.6 Å². The molecule has 0 saturated carbocycles. The lowest BCUT2D eigenvalue weighted by atomic mass is 9.69. The van der Waals surface area contributed by atoms with E-state index in [0.717, 1.165) is 47.2 Å². The van der Waals surface area contributed by atoms with Crippen LogP contribution in [0.1, 0.15) is 69.2 Å². The molecule has 0 bridgehead atoms. The number of Topliss-reactive ketones (excluding diaryl/α,β-unsaturated/α-hetero) is 1. The van der Waals surface area contributed by atoms with Gasteiger partial charge in [-0.3, -0.25) is 14.7 Å². The van der Waals surface area contributed by atoms with E-state index in [1.54, 1.807) is 32.5 Å². The van der Waals surface area contributed by atoms with Gasteiger partial charge >= 0.3 is 5.97 Å². The highest BCUT2D eigenvalue weighted by Gasteiger charge is 2.52. The number of nitrogens with zero attached hydrogens (tertiary/aromatic N) is 3. The number of aromatic nitrogens is 2. The Kier molecular flexibility index (Phi) is 10.6. The van der Waals surface area contributed by atoms with Crippen molar-refractivity contribution in [2.45, 2.75) is 62.9 Å². The summed E-state index contributed by atoms with van der Waals surface area (Å²) in [6, 6.07) is 15.8. The molecule has 5 aliphatic rings. The van der Waals surface area contributed by atoms with Crippen LogP contribution < -0.4 is 23.7 Å². The number of rotatable bonds is 7. The zero-order chi connectivity index (χ0) is 42.0. The molecule has 1 fully saturated rings. The van der Waals surface area contributed by atoms with E-state index in [2.05, 4.69) is 82.7 Å². The molecule has 10 rings (SSSR count). The molecule has 12 nitrogen and oxygen atoms in total. The van der Waals surface area contributed by atoms with Crippen molar-refractivity contribution in [3.8, 4) is 28.7 Å². The lowest BCUT2D eigenvalue weighted by molar-refractivity contribution is -0.131. The molecule has 0 spiro atoms. The molecule has 0 N–H and O–H groups in total. The Bertz CT molecular complexity index is 2500. The van der Waals surface area contributed by atoms with Crippen LogP contribution in [0.15, 0.2) is 71.6 Å². The number of benzene rings is 3. The Morgan fingerprint density at radius 1 is 1.00 bits per heavy atom. The number of aryl methyl sites for hydroxylation is 1. The first kappa shape index (κ1) is 40.3. The minimum absolute atomic E-state index is 0.0452. The average Bonchev–Trinajstić information content (AvgIpc) is 3.85. The number of pyridine rings is 1. The minimum atomic E-state index is -0.438. The first-order chi connectivity index (χ1) is 28.9. The molecule has 6 heterocycles. The molecule has 6 atom stereocenters. The number of piperidine rings is 1. The Labute approximate surface area is 358 Å². The Morgan fingerprint density at radius 2 is 1.80 bits per heavy atom. The van der Waals surface area contributed by atoms with Crippen LogP contribution in [0.25, 0.3) is 10.9 Å². The summed E-state index contributed by atoms with van der Waals surface area (Å²) in [6.07, 6.45) is 7.68. The van der Waals surface area contributed by atoms with Crippen LogP contribution in [0.3, 0.4) is 0 Å². The van der Waals surface area contributed by atoms with Gasteiger partial charge in [-0.1, -0.05) is 26.0 Å². The molecule has 5 aromatic rings. The van der Waals surface area contributed by atoms with E-state index in [1.807, 2.05) is 25.3 Å². The lowest BCUT2D eigenvalue weighted by Crippen LogP contribution is -2.59. The smallest absolute Gasteiger partial charge is 0.339 e. The average molecular weight is 881 g/mol. The second-order valence-electron chi connectivity index (χ2n) is 16.9. The molecule has 0 amide bonds. The maximum absolute atomic E-state index is 13.5. The van der Waals surface area contributed by atoms with Crippen LogP contribution in [-0.2, 0) is 35.0 Å². The van der Waals surface area contributed by atoms with Gasteiger partial charge in [-0.25, -0.2) is 4.79 Å². The maximum Gasteiger partial charge on any atom is 0.339 e. The van der Waals surface area contributed by atoms with E-state index < -0.39 is 11.5 Å². The van der Waals surface area contributed by atoms with Crippen molar-refractivity contribution in [3.05, 3.63) is 105 Å². The number of fused-ring (bicyclic) bond motifs is 8. The van der Waals surface area contributed by atoms with Gasteiger partial charge in [-0.2, -0.15) is 0 Å². The fourth-order valence-electron chi connectivity index (χ4n) is 10.1. The number of carbonyl (C=O) groups excluding carboxylic acids is 2. The molecule has 60 heavy (non-hydrogen) atoms. The number of hydrogen-bond donors (Lipinski definition) is 0. The van der Waals surface area contributed by atoms with Gasteiger partial charge in [0, 0.05) is 90.2 Å². The summed E-state index contributed by atoms with van der Waals surface area (Å²) >= 11 is 3.35. The zero-order valence-corrected chi connectivity index (χ0v) is 36.5. The number of halogens is 1. The largest absolute Gasteiger partial charge is 0.493 e. The number of likely N-dealkylation sites (N-methyl/N-ethyl adjacent to an activating group) is 1. The molecular weight excluding hydrogens is 830 g/mol. The first-order valence-electron chi connectivity index (χ1n) is 20.5. The Morgan fingerprint density at radius 3 is 2.55 bits per heavy atom. The van der Waals surface area contributed by atoms with Gasteiger partial charge in [0.1, 0.15) is 41.7 Å². The third kappa shape index (κ3) is 6.69. The second kappa shape index (κ2) is 15.7. The van der Waals surface area contributed by atoms with Crippen molar-refractivity contribution >= 4 is 38.6 Å². The highest BCUT2D eigenvalue weighted by atomic mass is 79.9. The standard InChI is InChI=1S/C24H26BrN3O3.C23H24O6/c1-27-13-17-8-21-24(30-3,19-5-4-6-20(27)22(17)19)9-15(12-28(21)2)14-31-23(29)16-7-18(25)11-26-10-16;1-11(2)16-8-14-15(28-16)6-5-12-22(24)21-13-7-18(25-3)19(26-4)9-17(13)27-10-20(21)29-23(12)14/h4-7,10-11,13,15,21H,8-9,12,14H2,1-3H3;5-7,9,11,16,20-21H,8,10H2,1-4H3. The van der Waals surface area contributed by atoms with Gasteiger partial charge in [-0.05, 0) is 83.2 Å². The van der Waals surface area contributed by atoms with Crippen molar-refractivity contribution in [2.24, 2.45) is 18.9 Å². The van der Waals surface area contributed by atoms with E-state index in [9.17, 15) is 9.59 Å². The molecule has 0 radical (unpaired) electrons. The third-order valence-electron chi connectivity index (χ3n) is 13.0. The minimum Gasteiger partial charge on any atom is -0.493 e. The van der Waals surface area contributed by atoms with Gasteiger partial charge in [0.25, 0.3) is 0 Å². The van der Waals surface area contributed by atoms with E-state index in [0.29, 0.717) is 53.3 Å².